The van der Waals surface area contributed by atoms with Gasteiger partial charge >= 0.3 is 0 Å². The lowest BCUT2D eigenvalue weighted by molar-refractivity contribution is -0.109. The molecular formula is C17H24O. The molecule has 0 saturated carbocycles. The molecule has 0 aliphatic heterocycles. The molecule has 18 heavy (non-hydrogen) atoms. The van der Waals surface area contributed by atoms with Gasteiger partial charge in [-0.25, -0.2) is 0 Å². The van der Waals surface area contributed by atoms with E-state index in [9.17, 15) is 4.79 Å². The Bertz CT molecular complexity index is 383. The van der Waals surface area contributed by atoms with E-state index in [4.69, 9.17) is 0 Å². The zero-order valence-electron chi connectivity index (χ0n) is 11.8. The van der Waals surface area contributed by atoms with Crippen LogP contribution in [0.4, 0.5) is 0 Å². The minimum atomic E-state index is 0.0106. The molecule has 1 rings (SSSR count). The molecule has 0 aromatic heterocycles. The minimum absolute atomic E-state index is 0.0106. The monoisotopic (exact) mass is 244 g/mol. The molecule has 1 nitrogen and oxygen atoms in total. The highest BCUT2D eigenvalue weighted by atomic mass is 16.1. The molecule has 1 atom stereocenters. The van der Waals surface area contributed by atoms with Gasteiger partial charge in [-0.1, -0.05) is 49.3 Å². The van der Waals surface area contributed by atoms with Crippen LogP contribution in [0.2, 0.25) is 0 Å². The summed E-state index contributed by atoms with van der Waals surface area (Å²) in [5, 5.41) is 0. The van der Waals surface area contributed by atoms with E-state index >= 15 is 0 Å². The van der Waals surface area contributed by atoms with E-state index in [0.717, 1.165) is 19.1 Å². The summed E-state index contributed by atoms with van der Waals surface area (Å²) in [5.74, 6) is 0.0106. The van der Waals surface area contributed by atoms with Crippen molar-refractivity contribution >= 4 is 6.29 Å². The summed E-state index contributed by atoms with van der Waals surface area (Å²) in [7, 11) is 0. The zero-order valence-corrected chi connectivity index (χ0v) is 11.8. The Hall–Kier alpha value is -1.37. The maximum absolute atomic E-state index is 11.0. The van der Waals surface area contributed by atoms with Crippen molar-refractivity contribution in [1.82, 2.24) is 0 Å². The molecule has 98 valence electrons. The van der Waals surface area contributed by atoms with E-state index in [-0.39, 0.29) is 5.92 Å². The molecule has 0 bridgehead atoms. The second-order valence-electron chi connectivity index (χ2n) is 5.17. The van der Waals surface area contributed by atoms with Gasteiger partial charge in [0.1, 0.15) is 6.29 Å². The lowest BCUT2D eigenvalue weighted by Gasteiger charge is -2.07. The largest absolute Gasteiger partial charge is 0.303 e. The SMILES string of the molecule is CCCCc1ccc(CC(C=O)C=C(C)C)cc1. The van der Waals surface area contributed by atoms with Crippen molar-refractivity contribution in [3.05, 3.63) is 47.0 Å². The van der Waals surface area contributed by atoms with E-state index in [1.165, 1.54) is 29.5 Å². The lowest BCUT2D eigenvalue weighted by atomic mass is 9.97. The van der Waals surface area contributed by atoms with Crippen molar-refractivity contribution in [2.75, 3.05) is 0 Å². The van der Waals surface area contributed by atoms with Gasteiger partial charge in [0.05, 0.1) is 0 Å². The van der Waals surface area contributed by atoms with Crippen molar-refractivity contribution in [2.45, 2.75) is 46.5 Å². The van der Waals surface area contributed by atoms with Crippen LogP contribution in [0, 0.1) is 5.92 Å². The van der Waals surface area contributed by atoms with Gasteiger partial charge in [-0.15, -0.1) is 0 Å². The first-order valence-corrected chi connectivity index (χ1v) is 6.83. The van der Waals surface area contributed by atoms with Crippen LogP contribution in [0.15, 0.2) is 35.9 Å². The Morgan fingerprint density at radius 3 is 2.28 bits per heavy atom. The number of unbranched alkanes of at least 4 members (excludes halogenated alkanes) is 1. The van der Waals surface area contributed by atoms with Crippen molar-refractivity contribution in [3.63, 3.8) is 0 Å². The highest BCUT2D eigenvalue weighted by molar-refractivity contribution is 5.57. The van der Waals surface area contributed by atoms with Gasteiger partial charge < -0.3 is 4.79 Å². The summed E-state index contributed by atoms with van der Waals surface area (Å²) >= 11 is 0. The number of hydrogen-bond donors (Lipinski definition) is 0. The Kier molecular flexibility index (Phi) is 6.42. The van der Waals surface area contributed by atoms with Gasteiger partial charge in [-0.2, -0.15) is 0 Å². The maximum atomic E-state index is 11.0. The Balaban J connectivity index is 2.62. The van der Waals surface area contributed by atoms with Gasteiger partial charge in [-0.05, 0) is 44.2 Å². The van der Waals surface area contributed by atoms with E-state index in [2.05, 4.69) is 31.2 Å². The van der Waals surface area contributed by atoms with Crippen LogP contribution in [0.25, 0.3) is 0 Å². The normalized spacial score (nSPS) is 11.9. The van der Waals surface area contributed by atoms with Gasteiger partial charge in [0.2, 0.25) is 0 Å². The fraction of sp³-hybridized carbons (Fsp3) is 0.471. The van der Waals surface area contributed by atoms with Gasteiger partial charge in [0, 0.05) is 5.92 Å². The molecule has 0 fully saturated rings. The van der Waals surface area contributed by atoms with Crippen LogP contribution < -0.4 is 0 Å². The van der Waals surface area contributed by atoms with E-state index < -0.39 is 0 Å². The van der Waals surface area contributed by atoms with Gasteiger partial charge in [-0.3, -0.25) is 0 Å². The average Bonchev–Trinajstić information content (AvgIpc) is 2.36. The fourth-order valence-corrected chi connectivity index (χ4v) is 2.07. The fourth-order valence-electron chi connectivity index (χ4n) is 2.07. The summed E-state index contributed by atoms with van der Waals surface area (Å²) in [6, 6.07) is 8.69. The van der Waals surface area contributed by atoms with E-state index in [1.807, 2.05) is 19.9 Å². The number of aldehydes is 1. The smallest absolute Gasteiger partial charge is 0.127 e. The molecule has 0 aliphatic carbocycles. The van der Waals surface area contributed by atoms with Crippen molar-refractivity contribution in [1.29, 1.82) is 0 Å². The molecule has 1 heteroatoms. The molecule has 1 aromatic carbocycles. The van der Waals surface area contributed by atoms with Crippen LogP contribution in [-0.2, 0) is 17.6 Å². The van der Waals surface area contributed by atoms with Crippen LogP contribution in [0.3, 0.4) is 0 Å². The maximum Gasteiger partial charge on any atom is 0.127 e. The molecular weight excluding hydrogens is 220 g/mol. The first-order valence-electron chi connectivity index (χ1n) is 6.83. The second kappa shape index (κ2) is 7.86. The summed E-state index contributed by atoms with van der Waals surface area (Å²) in [4.78, 5) is 11.0. The molecule has 0 radical (unpaired) electrons. The average molecular weight is 244 g/mol. The number of benzene rings is 1. The number of carbonyl (C=O) groups excluding carboxylic acids is 1. The van der Waals surface area contributed by atoms with Crippen LogP contribution >= 0.6 is 0 Å². The summed E-state index contributed by atoms with van der Waals surface area (Å²) in [5.41, 5.74) is 3.84. The first kappa shape index (κ1) is 14.7. The van der Waals surface area contributed by atoms with E-state index in [0.29, 0.717) is 0 Å². The van der Waals surface area contributed by atoms with Crippen LogP contribution in [0.5, 0.6) is 0 Å². The summed E-state index contributed by atoms with van der Waals surface area (Å²) in [6.07, 6.45) is 7.52. The summed E-state index contributed by atoms with van der Waals surface area (Å²) < 4.78 is 0. The minimum Gasteiger partial charge on any atom is -0.303 e. The third kappa shape index (κ3) is 5.31. The Morgan fingerprint density at radius 2 is 1.78 bits per heavy atom. The van der Waals surface area contributed by atoms with E-state index in [1.54, 1.807) is 0 Å². The van der Waals surface area contributed by atoms with Crippen LogP contribution in [-0.4, -0.2) is 6.29 Å². The molecule has 0 aliphatic rings. The molecule has 0 heterocycles. The van der Waals surface area contributed by atoms with Crippen molar-refractivity contribution in [3.8, 4) is 0 Å². The lowest BCUT2D eigenvalue weighted by Crippen LogP contribution is -2.03. The number of allylic oxidation sites excluding steroid dienone is 2. The third-order valence-corrected chi connectivity index (χ3v) is 3.04. The quantitative estimate of drug-likeness (QED) is 0.514. The van der Waals surface area contributed by atoms with Crippen molar-refractivity contribution < 1.29 is 4.79 Å². The first-order chi connectivity index (χ1) is 8.65. The number of carbonyl (C=O) groups is 1. The molecule has 1 aromatic rings. The Labute approximate surface area is 111 Å². The summed E-state index contributed by atoms with van der Waals surface area (Å²) in [6.45, 7) is 6.27. The molecule has 0 amide bonds. The van der Waals surface area contributed by atoms with Gasteiger partial charge in [0.15, 0.2) is 0 Å². The second-order valence-corrected chi connectivity index (χ2v) is 5.17. The molecule has 0 spiro atoms. The molecule has 1 unspecified atom stereocenters. The zero-order chi connectivity index (χ0) is 13.4. The highest BCUT2D eigenvalue weighted by Gasteiger charge is 2.05. The Morgan fingerprint density at radius 1 is 1.17 bits per heavy atom. The molecule has 0 N–H and O–H groups in total. The molecule has 0 saturated heterocycles. The predicted molar refractivity (Wildman–Crippen MR) is 77.7 cm³/mol. The highest BCUT2D eigenvalue weighted by Crippen LogP contribution is 2.13. The van der Waals surface area contributed by atoms with Gasteiger partial charge in [0.25, 0.3) is 0 Å². The predicted octanol–water partition coefficient (Wildman–Crippen LogP) is 4.35. The van der Waals surface area contributed by atoms with Crippen molar-refractivity contribution in [2.24, 2.45) is 5.92 Å². The number of hydrogen-bond acceptors (Lipinski definition) is 1. The number of rotatable bonds is 7. The standard InChI is InChI=1S/C17H24O/c1-4-5-6-15-7-9-16(10-8-15)12-17(13-18)11-14(2)3/h7-11,13,17H,4-6,12H2,1-3H3. The van der Waals surface area contributed by atoms with Crippen LogP contribution in [0.1, 0.15) is 44.7 Å². The topological polar surface area (TPSA) is 17.1 Å². The third-order valence-electron chi connectivity index (χ3n) is 3.04. The number of aryl methyl sites for hydroxylation is 1.